The molecular weight excluding hydrogens is 556 g/mol. The smallest absolute Gasteiger partial charge is 0.407 e. The number of carboxylic acids is 1. The molecular formula is C32H36N2O9. The molecule has 11 heteroatoms. The van der Waals surface area contributed by atoms with Crippen LogP contribution in [0.4, 0.5) is 10.5 Å². The van der Waals surface area contributed by atoms with Gasteiger partial charge in [-0.25, -0.2) is 14.4 Å². The van der Waals surface area contributed by atoms with Crippen molar-refractivity contribution >= 4 is 29.5 Å². The van der Waals surface area contributed by atoms with E-state index >= 15 is 0 Å². The number of alkyl carbamates (subject to hydrolysis) is 1. The van der Waals surface area contributed by atoms with Gasteiger partial charge in [-0.2, -0.15) is 0 Å². The van der Waals surface area contributed by atoms with Gasteiger partial charge in [0.1, 0.15) is 17.1 Å². The standard InChI is InChI=1S/C32H36N2O9/c1-32(2,3)43-31(39)33-18-22-16-23(13-15-25(22)30(38)42-6)34(19-21-12-14-24(40-4)17-26(21)41-5)27(29(36)37)28(35)20-10-8-7-9-11-20/h7-17,27H,18-19H2,1-6H3,(H,33,39)(H,36,37)/t27-/m0/s1. The fourth-order valence-electron chi connectivity index (χ4n) is 4.34. The summed E-state index contributed by atoms with van der Waals surface area (Å²) in [6.07, 6.45) is -0.712. The fourth-order valence-corrected chi connectivity index (χ4v) is 4.34. The van der Waals surface area contributed by atoms with Crippen LogP contribution in [0.25, 0.3) is 0 Å². The van der Waals surface area contributed by atoms with E-state index in [1.165, 1.54) is 44.4 Å². The van der Waals surface area contributed by atoms with Gasteiger partial charge in [0.15, 0.2) is 11.8 Å². The number of hydrogen-bond donors (Lipinski definition) is 2. The molecule has 0 spiro atoms. The van der Waals surface area contributed by atoms with Crippen LogP contribution < -0.4 is 19.7 Å². The van der Waals surface area contributed by atoms with Crippen LogP contribution in [-0.4, -0.2) is 61.9 Å². The monoisotopic (exact) mass is 592 g/mol. The van der Waals surface area contributed by atoms with Gasteiger partial charge in [-0.3, -0.25) is 4.79 Å². The van der Waals surface area contributed by atoms with Crippen molar-refractivity contribution in [3.8, 4) is 11.5 Å². The van der Waals surface area contributed by atoms with Crippen LogP contribution in [0, 0.1) is 0 Å². The molecule has 11 nitrogen and oxygen atoms in total. The van der Waals surface area contributed by atoms with Crippen LogP contribution >= 0.6 is 0 Å². The molecule has 0 bridgehead atoms. The van der Waals surface area contributed by atoms with Gasteiger partial charge in [0.2, 0.25) is 0 Å². The SMILES string of the molecule is COC(=O)c1ccc(N(Cc2ccc(OC)cc2OC)[C@H](C(=O)O)C(=O)c2ccccc2)cc1CNC(=O)OC(C)(C)C. The molecule has 1 amide bonds. The summed E-state index contributed by atoms with van der Waals surface area (Å²) in [6, 6.07) is 16.0. The van der Waals surface area contributed by atoms with Crippen LogP contribution in [0.3, 0.4) is 0 Å². The summed E-state index contributed by atoms with van der Waals surface area (Å²) >= 11 is 0. The maximum Gasteiger partial charge on any atom is 0.407 e. The van der Waals surface area contributed by atoms with E-state index in [0.29, 0.717) is 28.3 Å². The Kier molecular flexibility index (Phi) is 10.7. The fraction of sp³-hybridized carbons (Fsp3) is 0.312. The number of anilines is 1. The van der Waals surface area contributed by atoms with Crippen molar-refractivity contribution in [1.82, 2.24) is 5.32 Å². The first-order valence-corrected chi connectivity index (χ1v) is 13.4. The number of nitrogens with one attached hydrogen (secondary N) is 1. The molecule has 0 radical (unpaired) electrons. The Hall–Kier alpha value is -5.06. The van der Waals surface area contributed by atoms with Gasteiger partial charge in [-0.15, -0.1) is 0 Å². The summed E-state index contributed by atoms with van der Waals surface area (Å²) in [5.41, 5.74) is 0.783. The molecule has 3 aromatic rings. The summed E-state index contributed by atoms with van der Waals surface area (Å²) in [4.78, 5) is 52.9. The molecule has 0 aliphatic carbocycles. The van der Waals surface area contributed by atoms with E-state index in [4.69, 9.17) is 18.9 Å². The number of amides is 1. The maximum absolute atomic E-state index is 13.7. The van der Waals surface area contributed by atoms with Gasteiger partial charge in [0, 0.05) is 36.0 Å². The van der Waals surface area contributed by atoms with E-state index in [1.54, 1.807) is 69.3 Å². The van der Waals surface area contributed by atoms with Gasteiger partial charge >= 0.3 is 18.0 Å². The minimum absolute atomic E-state index is 0.0702. The number of esters is 1. The topological polar surface area (TPSA) is 141 Å². The number of carbonyl (C=O) groups excluding carboxylic acids is 3. The minimum atomic E-state index is -1.66. The summed E-state index contributed by atoms with van der Waals surface area (Å²) in [7, 11) is 4.20. The van der Waals surface area contributed by atoms with E-state index in [-0.39, 0.29) is 24.2 Å². The summed E-state index contributed by atoms with van der Waals surface area (Å²) in [5, 5.41) is 13.0. The third-order valence-electron chi connectivity index (χ3n) is 6.34. The van der Waals surface area contributed by atoms with Crippen molar-refractivity contribution in [3.63, 3.8) is 0 Å². The second-order valence-corrected chi connectivity index (χ2v) is 10.5. The number of aliphatic carboxylic acids is 1. The lowest BCUT2D eigenvalue weighted by molar-refractivity contribution is -0.137. The van der Waals surface area contributed by atoms with Crippen molar-refractivity contribution in [3.05, 3.63) is 89.0 Å². The summed E-state index contributed by atoms with van der Waals surface area (Å²) < 4.78 is 21.1. The molecule has 0 aromatic heterocycles. The van der Waals surface area contributed by atoms with Crippen molar-refractivity contribution in [1.29, 1.82) is 0 Å². The van der Waals surface area contributed by atoms with Gasteiger partial charge in [-0.1, -0.05) is 30.3 Å². The molecule has 3 aromatic carbocycles. The first kappa shape index (κ1) is 32.5. The predicted molar refractivity (Wildman–Crippen MR) is 159 cm³/mol. The van der Waals surface area contributed by atoms with Crippen LogP contribution in [0.2, 0.25) is 0 Å². The van der Waals surface area contributed by atoms with Crippen LogP contribution in [0.1, 0.15) is 52.6 Å². The van der Waals surface area contributed by atoms with E-state index in [0.717, 1.165) is 0 Å². The zero-order chi connectivity index (χ0) is 31.7. The van der Waals surface area contributed by atoms with Gasteiger partial charge in [0.25, 0.3) is 0 Å². The number of ketones is 1. The number of Topliss-reactive ketones (excluding diaryl/α,β-unsaturated/α-hetero) is 1. The summed E-state index contributed by atoms with van der Waals surface area (Å²) in [5.74, 6) is -1.75. The molecule has 228 valence electrons. The molecule has 0 aliphatic heterocycles. The zero-order valence-electron chi connectivity index (χ0n) is 25.0. The zero-order valence-corrected chi connectivity index (χ0v) is 25.0. The average Bonchev–Trinajstić information content (AvgIpc) is 2.98. The molecule has 1 atom stereocenters. The van der Waals surface area contributed by atoms with Crippen molar-refractivity contribution < 1.29 is 43.2 Å². The number of nitrogens with zero attached hydrogens (tertiary/aromatic N) is 1. The molecule has 3 rings (SSSR count). The molecule has 0 fully saturated rings. The third kappa shape index (κ3) is 8.48. The lowest BCUT2D eigenvalue weighted by Crippen LogP contribution is -2.47. The second-order valence-electron chi connectivity index (χ2n) is 10.5. The molecule has 0 saturated carbocycles. The molecule has 0 aliphatic rings. The molecule has 2 N–H and O–H groups in total. The van der Waals surface area contributed by atoms with E-state index in [1.807, 2.05) is 0 Å². The highest BCUT2D eigenvalue weighted by Gasteiger charge is 2.35. The lowest BCUT2D eigenvalue weighted by atomic mass is 9.99. The van der Waals surface area contributed by atoms with Crippen LogP contribution in [0.15, 0.2) is 66.7 Å². The van der Waals surface area contributed by atoms with Gasteiger partial charge < -0.3 is 34.3 Å². The van der Waals surface area contributed by atoms with E-state index in [2.05, 4.69) is 5.32 Å². The first-order chi connectivity index (χ1) is 20.4. The van der Waals surface area contributed by atoms with Crippen molar-refractivity contribution in [2.24, 2.45) is 0 Å². The van der Waals surface area contributed by atoms with Crippen molar-refractivity contribution in [2.75, 3.05) is 26.2 Å². The summed E-state index contributed by atoms with van der Waals surface area (Å²) in [6.45, 7) is 4.94. The first-order valence-electron chi connectivity index (χ1n) is 13.4. The Morgan fingerprint density at radius 1 is 0.884 bits per heavy atom. The van der Waals surface area contributed by atoms with Crippen LogP contribution in [0.5, 0.6) is 11.5 Å². The average molecular weight is 593 g/mol. The Balaban J connectivity index is 2.16. The number of benzene rings is 3. The third-order valence-corrected chi connectivity index (χ3v) is 6.34. The maximum atomic E-state index is 13.7. The number of methoxy groups -OCH3 is 3. The lowest BCUT2D eigenvalue weighted by Gasteiger charge is -2.31. The Bertz CT molecular complexity index is 1470. The number of carboxylic acid groups (broad SMARTS) is 1. The quantitative estimate of drug-likeness (QED) is 0.170. The highest BCUT2D eigenvalue weighted by molar-refractivity contribution is 6.14. The predicted octanol–water partition coefficient (Wildman–Crippen LogP) is 4.86. The minimum Gasteiger partial charge on any atom is -0.497 e. The number of ether oxygens (including phenoxy) is 4. The van der Waals surface area contributed by atoms with E-state index < -0.39 is 35.5 Å². The van der Waals surface area contributed by atoms with Gasteiger partial charge in [-0.05, 0) is 56.7 Å². The molecule has 0 heterocycles. The number of hydrogen-bond acceptors (Lipinski definition) is 9. The van der Waals surface area contributed by atoms with E-state index in [9.17, 15) is 24.3 Å². The molecule has 0 unspecified atom stereocenters. The van der Waals surface area contributed by atoms with Crippen molar-refractivity contribution in [2.45, 2.75) is 45.5 Å². The number of carbonyl (C=O) groups is 4. The molecule has 0 saturated heterocycles. The highest BCUT2D eigenvalue weighted by atomic mass is 16.6. The Labute approximate surface area is 250 Å². The Morgan fingerprint density at radius 3 is 2.16 bits per heavy atom. The van der Waals surface area contributed by atoms with Gasteiger partial charge in [0.05, 0.1) is 26.9 Å². The normalized spacial score (nSPS) is 11.6. The highest BCUT2D eigenvalue weighted by Crippen LogP contribution is 2.31. The Morgan fingerprint density at radius 2 is 1.58 bits per heavy atom. The van der Waals surface area contributed by atoms with Crippen LogP contribution in [-0.2, 0) is 27.4 Å². The molecule has 43 heavy (non-hydrogen) atoms. The largest absolute Gasteiger partial charge is 0.497 e. The second kappa shape index (κ2) is 14.2. The number of rotatable bonds is 12.